The average Bonchev–Trinajstić information content (AvgIpc) is 2.49. The molecule has 0 saturated carbocycles. The molecule has 0 radical (unpaired) electrons. The molecule has 1 N–H and O–H groups in total. The Hall–Kier alpha value is -1.06. The SMILES string of the molecule is CCCCN(CCCC)CC(O)c1ccccc1OC. The second-order valence-corrected chi connectivity index (χ2v) is 5.27. The Morgan fingerprint density at radius 3 is 2.25 bits per heavy atom. The van der Waals surface area contributed by atoms with Crippen molar-refractivity contribution in [1.29, 1.82) is 0 Å². The zero-order valence-electron chi connectivity index (χ0n) is 13.1. The third-order valence-corrected chi connectivity index (χ3v) is 3.58. The maximum Gasteiger partial charge on any atom is 0.124 e. The minimum atomic E-state index is -0.486. The van der Waals surface area contributed by atoms with E-state index >= 15 is 0 Å². The van der Waals surface area contributed by atoms with Crippen molar-refractivity contribution < 1.29 is 9.84 Å². The van der Waals surface area contributed by atoms with Crippen LogP contribution in [0.5, 0.6) is 5.75 Å². The van der Waals surface area contributed by atoms with Gasteiger partial charge in [0, 0.05) is 12.1 Å². The lowest BCUT2D eigenvalue weighted by Gasteiger charge is -2.25. The smallest absolute Gasteiger partial charge is 0.124 e. The predicted octanol–water partition coefficient (Wildman–Crippen LogP) is 3.63. The molecular weight excluding hydrogens is 250 g/mol. The molecule has 0 aromatic heterocycles. The van der Waals surface area contributed by atoms with Gasteiger partial charge in [-0.25, -0.2) is 0 Å². The summed E-state index contributed by atoms with van der Waals surface area (Å²) in [5.74, 6) is 0.769. The van der Waals surface area contributed by atoms with Gasteiger partial charge in [0.25, 0.3) is 0 Å². The highest BCUT2D eigenvalue weighted by Gasteiger charge is 2.16. The van der Waals surface area contributed by atoms with Crippen LogP contribution in [0.15, 0.2) is 24.3 Å². The van der Waals surface area contributed by atoms with Gasteiger partial charge in [-0.2, -0.15) is 0 Å². The molecule has 0 fully saturated rings. The van der Waals surface area contributed by atoms with Crippen molar-refractivity contribution in [2.45, 2.75) is 45.6 Å². The van der Waals surface area contributed by atoms with Crippen molar-refractivity contribution in [3.63, 3.8) is 0 Å². The highest BCUT2D eigenvalue weighted by Crippen LogP contribution is 2.25. The standard InChI is InChI=1S/C17H29NO2/c1-4-6-12-18(13-7-5-2)14-16(19)15-10-8-9-11-17(15)20-3/h8-11,16,19H,4-7,12-14H2,1-3H3. The summed E-state index contributed by atoms with van der Waals surface area (Å²) in [5, 5.41) is 10.5. The second kappa shape index (κ2) is 9.78. The summed E-state index contributed by atoms with van der Waals surface area (Å²) >= 11 is 0. The molecule has 0 amide bonds. The van der Waals surface area contributed by atoms with Gasteiger partial charge in [-0.05, 0) is 32.0 Å². The number of para-hydroxylation sites is 1. The number of ether oxygens (including phenoxy) is 1. The molecular formula is C17H29NO2. The van der Waals surface area contributed by atoms with Crippen molar-refractivity contribution in [1.82, 2.24) is 4.90 Å². The van der Waals surface area contributed by atoms with Crippen LogP contribution in [0.1, 0.15) is 51.2 Å². The molecule has 0 saturated heterocycles. The fourth-order valence-corrected chi connectivity index (χ4v) is 2.34. The van der Waals surface area contributed by atoms with Crippen LogP contribution in [0.25, 0.3) is 0 Å². The predicted molar refractivity (Wildman–Crippen MR) is 84.2 cm³/mol. The van der Waals surface area contributed by atoms with Gasteiger partial charge in [0.2, 0.25) is 0 Å². The van der Waals surface area contributed by atoms with E-state index in [2.05, 4.69) is 18.7 Å². The molecule has 3 heteroatoms. The molecule has 1 aromatic rings. The van der Waals surface area contributed by atoms with Crippen LogP contribution in [0.4, 0.5) is 0 Å². The number of rotatable bonds is 10. The van der Waals surface area contributed by atoms with E-state index in [0.29, 0.717) is 6.54 Å². The van der Waals surface area contributed by atoms with E-state index in [9.17, 15) is 5.11 Å². The summed E-state index contributed by atoms with van der Waals surface area (Å²) in [6.07, 6.45) is 4.26. The lowest BCUT2D eigenvalue weighted by atomic mass is 10.1. The summed E-state index contributed by atoms with van der Waals surface area (Å²) < 4.78 is 5.33. The minimum absolute atomic E-state index is 0.486. The third kappa shape index (κ3) is 5.51. The second-order valence-electron chi connectivity index (χ2n) is 5.27. The van der Waals surface area contributed by atoms with E-state index in [1.165, 1.54) is 25.7 Å². The van der Waals surface area contributed by atoms with Crippen molar-refractivity contribution in [3.8, 4) is 5.75 Å². The van der Waals surface area contributed by atoms with Crippen LogP contribution < -0.4 is 4.74 Å². The van der Waals surface area contributed by atoms with Gasteiger partial charge < -0.3 is 14.7 Å². The topological polar surface area (TPSA) is 32.7 Å². The highest BCUT2D eigenvalue weighted by molar-refractivity contribution is 5.35. The van der Waals surface area contributed by atoms with E-state index in [-0.39, 0.29) is 0 Å². The third-order valence-electron chi connectivity index (χ3n) is 3.58. The quantitative estimate of drug-likeness (QED) is 0.710. The molecule has 0 aliphatic rings. The number of aliphatic hydroxyl groups is 1. The Bertz CT molecular complexity index is 360. The Labute approximate surface area is 123 Å². The molecule has 0 spiro atoms. The van der Waals surface area contributed by atoms with Gasteiger partial charge in [-0.15, -0.1) is 0 Å². The van der Waals surface area contributed by atoms with Crippen LogP contribution in [-0.4, -0.2) is 36.8 Å². The zero-order valence-corrected chi connectivity index (χ0v) is 13.1. The number of hydrogen-bond donors (Lipinski definition) is 1. The molecule has 1 rings (SSSR count). The first-order valence-electron chi connectivity index (χ1n) is 7.76. The lowest BCUT2D eigenvalue weighted by molar-refractivity contribution is 0.109. The largest absolute Gasteiger partial charge is 0.496 e. The first kappa shape index (κ1) is 17.0. The first-order valence-corrected chi connectivity index (χ1v) is 7.76. The maximum atomic E-state index is 10.5. The van der Waals surface area contributed by atoms with Crippen LogP contribution in [0.3, 0.4) is 0 Å². The van der Waals surface area contributed by atoms with Gasteiger partial charge in [0.05, 0.1) is 13.2 Å². The van der Waals surface area contributed by atoms with Crippen molar-refractivity contribution in [2.75, 3.05) is 26.7 Å². The average molecular weight is 279 g/mol. The van der Waals surface area contributed by atoms with E-state index in [0.717, 1.165) is 24.4 Å². The fourth-order valence-electron chi connectivity index (χ4n) is 2.34. The Balaban J connectivity index is 2.65. The molecule has 0 heterocycles. The van der Waals surface area contributed by atoms with E-state index in [1.807, 2.05) is 24.3 Å². The molecule has 0 aliphatic carbocycles. The molecule has 1 unspecified atom stereocenters. The normalized spacial score (nSPS) is 12.7. The summed E-state index contributed by atoms with van der Waals surface area (Å²) in [4.78, 5) is 2.37. The van der Waals surface area contributed by atoms with Gasteiger partial charge in [0.1, 0.15) is 5.75 Å². The van der Waals surface area contributed by atoms with Crippen LogP contribution in [-0.2, 0) is 0 Å². The fraction of sp³-hybridized carbons (Fsp3) is 0.647. The molecule has 0 bridgehead atoms. The molecule has 1 aromatic carbocycles. The van der Waals surface area contributed by atoms with Gasteiger partial charge >= 0.3 is 0 Å². The maximum absolute atomic E-state index is 10.5. The van der Waals surface area contributed by atoms with Crippen LogP contribution in [0.2, 0.25) is 0 Å². The van der Waals surface area contributed by atoms with Gasteiger partial charge in [-0.3, -0.25) is 0 Å². The van der Waals surface area contributed by atoms with Gasteiger partial charge in [-0.1, -0.05) is 44.9 Å². The molecule has 3 nitrogen and oxygen atoms in total. The highest BCUT2D eigenvalue weighted by atomic mass is 16.5. The monoisotopic (exact) mass is 279 g/mol. The number of unbranched alkanes of at least 4 members (excludes halogenated alkanes) is 2. The zero-order chi connectivity index (χ0) is 14.8. The minimum Gasteiger partial charge on any atom is -0.496 e. The molecule has 20 heavy (non-hydrogen) atoms. The summed E-state index contributed by atoms with van der Waals surface area (Å²) in [6, 6.07) is 7.73. The van der Waals surface area contributed by atoms with E-state index in [1.54, 1.807) is 7.11 Å². The summed E-state index contributed by atoms with van der Waals surface area (Å²) in [6.45, 7) is 7.20. The van der Waals surface area contributed by atoms with Gasteiger partial charge in [0.15, 0.2) is 0 Å². The molecule has 1 atom stereocenters. The lowest BCUT2D eigenvalue weighted by Crippen LogP contribution is -2.30. The molecule has 114 valence electrons. The van der Waals surface area contributed by atoms with Crippen molar-refractivity contribution in [3.05, 3.63) is 29.8 Å². The number of benzene rings is 1. The Kier molecular flexibility index (Phi) is 8.31. The number of aliphatic hydroxyl groups excluding tert-OH is 1. The number of nitrogens with zero attached hydrogens (tertiary/aromatic N) is 1. The Morgan fingerprint density at radius 2 is 1.70 bits per heavy atom. The van der Waals surface area contributed by atoms with Crippen molar-refractivity contribution >= 4 is 0 Å². The molecule has 0 aliphatic heterocycles. The van der Waals surface area contributed by atoms with E-state index < -0.39 is 6.10 Å². The summed E-state index contributed by atoms with van der Waals surface area (Å²) in [5.41, 5.74) is 0.882. The van der Waals surface area contributed by atoms with Crippen molar-refractivity contribution in [2.24, 2.45) is 0 Å². The Morgan fingerprint density at radius 1 is 1.10 bits per heavy atom. The van der Waals surface area contributed by atoms with Crippen LogP contribution >= 0.6 is 0 Å². The summed E-state index contributed by atoms with van der Waals surface area (Å²) in [7, 11) is 1.65. The number of hydrogen-bond acceptors (Lipinski definition) is 3. The first-order chi connectivity index (χ1) is 9.72. The van der Waals surface area contributed by atoms with Crippen LogP contribution in [0, 0.1) is 0 Å². The number of methoxy groups -OCH3 is 1. The van der Waals surface area contributed by atoms with E-state index in [4.69, 9.17) is 4.74 Å².